The van der Waals surface area contributed by atoms with Crippen molar-refractivity contribution < 1.29 is 0 Å². The molecule has 2 aromatic rings. The van der Waals surface area contributed by atoms with Crippen molar-refractivity contribution in [2.75, 3.05) is 0 Å². The van der Waals surface area contributed by atoms with Crippen LogP contribution in [0.15, 0.2) is 48.1 Å². The van der Waals surface area contributed by atoms with Crippen molar-refractivity contribution in [3.8, 4) is 0 Å². The minimum atomic E-state index is 0.382. The van der Waals surface area contributed by atoms with Gasteiger partial charge in [0.05, 0.1) is 5.69 Å². The van der Waals surface area contributed by atoms with Gasteiger partial charge in [0, 0.05) is 15.2 Å². The molecule has 47 heavy (non-hydrogen) atoms. The Kier molecular flexibility index (Phi) is 30.8. The molecule has 1 heterocycles. The SMILES string of the molecule is C/C=C(C)\C=C\c1cccc(C)c1.CCC(C)C.CCC1CCCCC1(S)CC.CCCC.CCCC.Cc1nsc2c1C=CCC2. The van der Waals surface area contributed by atoms with Gasteiger partial charge < -0.3 is 0 Å². The first-order valence-corrected chi connectivity index (χ1v) is 20.4. The topological polar surface area (TPSA) is 12.9 Å². The summed E-state index contributed by atoms with van der Waals surface area (Å²) in [5.74, 6) is 1.76. The molecule has 0 aliphatic heterocycles. The highest BCUT2D eigenvalue weighted by Crippen LogP contribution is 2.42. The van der Waals surface area contributed by atoms with Crippen molar-refractivity contribution in [3.05, 3.63) is 75.3 Å². The zero-order valence-corrected chi connectivity index (χ0v) is 35.1. The van der Waals surface area contributed by atoms with Gasteiger partial charge in [-0.3, -0.25) is 0 Å². The fourth-order valence-corrected chi connectivity index (χ4v) is 6.01. The monoisotopic (exact) mass is 684 g/mol. The molecule has 0 bridgehead atoms. The molecule has 4 rings (SSSR count). The molecule has 1 aromatic heterocycles. The van der Waals surface area contributed by atoms with Crippen LogP contribution >= 0.6 is 24.2 Å². The van der Waals surface area contributed by atoms with E-state index < -0.39 is 0 Å². The first-order valence-electron chi connectivity index (χ1n) is 19.1. The predicted octanol–water partition coefficient (Wildman–Crippen LogP) is 15.7. The Labute approximate surface area is 304 Å². The van der Waals surface area contributed by atoms with Crippen molar-refractivity contribution in [3.63, 3.8) is 0 Å². The summed E-state index contributed by atoms with van der Waals surface area (Å²) in [4.78, 5) is 1.46. The molecule has 0 saturated heterocycles. The summed E-state index contributed by atoms with van der Waals surface area (Å²) in [6.45, 7) is 28.3. The minimum absolute atomic E-state index is 0.382. The Bertz CT molecular complexity index is 1080. The van der Waals surface area contributed by atoms with E-state index in [1.54, 1.807) is 11.5 Å². The minimum Gasteiger partial charge on any atom is -0.197 e. The van der Waals surface area contributed by atoms with E-state index >= 15 is 0 Å². The average Bonchev–Trinajstić information content (AvgIpc) is 3.48. The van der Waals surface area contributed by atoms with Crippen LogP contribution in [0.25, 0.3) is 12.2 Å². The average molecular weight is 684 g/mol. The molecular formula is C44H77NS2. The van der Waals surface area contributed by atoms with Crippen molar-refractivity contribution in [1.29, 1.82) is 0 Å². The van der Waals surface area contributed by atoms with Gasteiger partial charge in [-0.15, -0.1) is 0 Å². The smallest absolute Gasteiger partial charge is 0.0586 e. The van der Waals surface area contributed by atoms with Crippen LogP contribution in [0.1, 0.15) is 180 Å². The van der Waals surface area contributed by atoms with Crippen LogP contribution in [0.5, 0.6) is 0 Å². The van der Waals surface area contributed by atoms with Crippen LogP contribution in [-0.4, -0.2) is 9.12 Å². The largest absolute Gasteiger partial charge is 0.197 e. The summed E-state index contributed by atoms with van der Waals surface area (Å²) in [7, 11) is 0. The first-order chi connectivity index (χ1) is 22.4. The number of fused-ring (bicyclic) bond motifs is 1. The summed E-state index contributed by atoms with van der Waals surface area (Å²) in [5, 5.41) is 0. The van der Waals surface area contributed by atoms with Gasteiger partial charge in [0.15, 0.2) is 0 Å². The maximum absolute atomic E-state index is 4.82. The number of rotatable bonds is 7. The highest BCUT2D eigenvalue weighted by atomic mass is 32.1. The molecule has 2 unspecified atom stereocenters. The van der Waals surface area contributed by atoms with E-state index in [0.717, 1.165) is 11.8 Å². The molecule has 1 saturated carbocycles. The summed E-state index contributed by atoms with van der Waals surface area (Å²) in [5.41, 5.74) is 6.43. The lowest BCUT2D eigenvalue weighted by Crippen LogP contribution is -2.34. The fourth-order valence-electron chi connectivity index (χ4n) is 4.68. The van der Waals surface area contributed by atoms with Gasteiger partial charge in [0.2, 0.25) is 0 Å². The van der Waals surface area contributed by atoms with Gasteiger partial charge in [-0.2, -0.15) is 17.0 Å². The lowest BCUT2D eigenvalue weighted by Gasteiger charge is -2.39. The number of hydrogen-bond acceptors (Lipinski definition) is 3. The number of hydrogen-bond donors (Lipinski definition) is 1. The Hall–Kier alpha value is -1.58. The number of unbranched alkanes of at least 4 members (excludes halogenated alkanes) is 2. The summed E-state index contributed by atoms with van der Waals surface area (Å²) >= 11 is 6.48. The lowest BCUT2D eigenvalue weighted by atomic mass is 9.75. The lowest BCUT2D eigenvalue weighted by molar-refractivity contribution is 0.261. The van der Waals surface area contributed by atoms with Gasteiger partial charge in [-0.1, -0.05) is 179 Å². The first kappa shape index (κ1) is 47.5. The maximum atomic E-state index is 4.82. The van der Waals surface area contributed by atoms with E-state index in [0.29, 0.717) is 4.75 Å². The third-order valence-electron chi connectivity index (χ3n) is 8.94. The molecular weight excluding hydrogens is 607 g/mol. The van der Waals surface area contributed by atoms with Crippen molar-refractivity contribution in [1.82, 2.24) is 4.37 Å². The molecule has 1 aromatic carbocycles. The Morgan fingerprint density at radius 1 is 1.00 bits per heavy atom. The van der Waals surface area contributed by atoms with Crippen molar-refractivity contribution >= 4 is 36.3 Å². The van der Waals surface area contributed by atoms with Gasteiger partial charge in [0.1, 0.15) is 0 Å². The molecule has 1 nitrogen and oxygen atoms in total. The van der Waals surface area contributed by atoms with E-state index in [4.69, 9.17) is 12.6 Å². The van der Waals surface area contributed by atoms with Gasteiger partial charge in [0.25, 0.3) is 0 Å². The van der Waals surface area contributed by atoms with Crippen LogP contribution in [0.4, 0.5) is 0 Å². The normalized spacial score (nSPS) is 18.1. The number of nitrogens with zero attached hydrogens (tertiary/aromatic N) is 1. The zero-order chi connectivity index (χ0) is 36.1. The molecule has 0 spiro atoms. The molecule has 0 radical (unpaired) electrons. The van der Waals surface area contributed by atoms with Crippen LogP contribution in [0.2, 0.25) is 0 Å². The quantitative estimate of drug-likeness (QED) is 0.226. The number of allylic oxidation sites excluding steroid dienone is 4. The third kappa shape index (κ3) is 23.4. The number of aromatic nitrogens is 1. The molecule has 0 amide bonds. The van der Waals surface area contributed by atoms with Crippen LogP contribution < -0.4 is 0 Å². The van der Waals surface area contributed by atoms with Crippen LogP contribution in [-0.2, 0) is 6.42 Å². The molecule has 270 valence electrons. The van der Waals surface area contributed by atoms with Crippen molar-refractivity contribution in [2.24, 2.45) is 11.8 Å². The van der Waals surface area contributed by atoms with E-state index in [1.165, 1.54) is 116 Å². The second-order valence-corrected chi connectivity index (χ2v) is 15.2. The Morgan fingerprint density at radius 2 is 1.62 bits per heavy atom. The van der Waals surface area contributed by atoms with E-state index in [9.17, 15) is 0 Å². The number of aryl methyl sites for hydroxylation is 3. The predicted molar refractivity (Wildman–Crippen MR) is 224 cm³/mol. The Balaban J connectivity index is 0. The van der Waals surface area contributed by atoms with Crippen LogP contribution in [0.3, 0.4) is 0 Å². The van der Waals surface area contributed by atoms with Gasteiger partial charge in [-0.05, 0) is 88.7 Å². The fraction of sp³-hybridized carbons (Fsp3) is 0.659. The van der Waals surface area contributed by atoms with Gasteiger partial charge >= 0.3 is 0 Å². The summed E-state index contributed by atoms with van der Waals surface area (Å²) in [6, 6.07) is 8.49. The van der Waals surface area contributed by atoms with Crippen LogP contribution in [0, 0.1) is 25.7 Å². The third-order valence-corrected chi connectivity index (χ3v) is 10.8. The summed E-state index contributed by atoms with van der Waals surface area (Å²) in [6.07, 6.45) is 27.9. The second kappa shape index (κ2) is 30.5. The van der Waals surface area contributed by atoms with E-state index in [-0.39, 0.29) is 0 Å². The zero-order valence-electron chi connectivity index (χ0n) is 33.3. The molecule has 1 fully saturated rings. The molecule has 2 aliphatic carbocycles. The second-order valence-electron chi connectivity index (χ2n) is 13.4. The maximum Gasteiger partial charge on any atom is 0.0586 e. The standard InChI is InChI=1S/C13H16.C10H20S.C8H9NS.C5H12.2C4H10/c1-4-11(2)8-9-13-7-5-6-12(3)10-13;1-3-9-7-5-6-8-10(9,11)4-2;1-6-7-4-2-3-5-8(7)10-9-6;1-4-5(2)3;2*1-3-4-2/h4-10H,1-3H3;9,11H,3-8H2,1-2H3;2,4H,3,5H2,1H3;5H,4H2,1-3H3;2*3-4H2,1-2H3/b9-8+,11-4-;;;;;. The Morgan fingerprint density at radius 3 is 2.06 bits per heavy atom. The summed E-state index contributed by atoms with van der Waals surface area (Å²) < 4.78 is 4.67. The highest BCUT2D eigenvalue weighted by molar-refractivity contribution is 7.81. The molecule has 2 atom stereocenters. The number of benzene rings is 1. The number of thiol groups is 1. The molecule has 0 N–H and O–H groups in total. The van der Waals surface area contributed by atoms with E-state index in [2.05, 4.69) is 149 Å². The van der Waals surface area contributed by atoms with Crippen molar-refractivity contribution in [2.45, 2.75) is 178 Å². The molecule has 2 aliphatic rings. The molecule has 3 heteroatoms. The van der Waals surface area contributed by atoms with Gasteiger partial charge in [-0.25, -0.2) is 0 Å². The highest BCUT2D eigenvalue weighted by Gasteiger charge is 2.34. The van der Waals surface area contributed by atoms with E-state index in [1.807, 2.05) is 0 Å².